The molecule has 1 N–H and O–H groups in total. The van der Waals surface area contributed by atoms with Gasteiger partial charge in [-0.25, -0.2) is 0 Å². The topological polar surface area (TPSA) is 150 Å². The van der Waals surface area contributed by atoms with Crippen LogP contribution >= 0.6 is 0 Å². The zero-order valence-electron chi connectivity index (χ0n) is 16.8. The maximum absolute atomic E-state index is 12.0. The van der Waals surface area contributed by atoms with E-state index in [0.29, 0.717) is 31.2 Å². The maximum Gasteiger partial charge on any atom is 0.275 e. The molecule has 1 aliphatic carbocycles. The van der Waals surface area contributed by atoms with Crippen molar-refractivity contribution >= 4 is 11.4 Å². The first kappa shape index (κ1) is 22.3. The average molecular weight is 429 g/mol. The predicted octanol–water partition coefficient (Wildman–Crippen LogP) is 4.69. The van der Waals surface area contributed by atoms with Gasteiger partial charge in [-0.1, -0.05) is 30.7 Å². The van der Waals surface area contributed by atoms with Gasteiger partial charge in [0, 0.05) is 48.3 Å². The maximum atomic E-state index is 12.0. The van der Waals surface area contributed by atoms with E-state index in [4.69, 9.17) is 0 Å². The first-order valence-electron chi connectivity index (χ1n) is 10.1. The monoisotopic (exact) mass is 429 g/mol. The molecule has 1 aliphatic rings. The van der Waals surface area contributed by atoms with Gasteiger partial charge in [0.2, 0.25) is 5.54 Å². The Morgan fingerprint density at radius 1 is 0.871 bits per heavy atom. The number of non-ortho nitro benzene ring substituents is 1. The van der Waals surface area contributed by atoms with Crippen LogP contribution in [0.15, 0.2) is 48.5 Å². The number of nitrogens with zero attached hydrogens (tertiary/aromatic N) is 3. The first-order valence-corrected chi connectivity index (χ1v) is 10.1. The van der Waals surface area contributed by atoms with Crippen LogP contribution in [0.25, 0.3) is 0 Å². The summed E-state index contributed by atoms with van der Waals surface area (Å²) >= 11 is 0. The van der Waals surface area contributed by atoms with E-state index in [-0.39, 0.29) is 28.3 Å². The van der Waals surface area contributed by atoms with Gasteiger partial charge in [0.15, 0.2) is 0 Å². The second-order valence-corrected chi connectivity index (χ2v) is 7.96. The van der Waals surface area contributed by atoms with Crippen LogP contribution in [-0.4, -0.2) is 25.4 Å². The third-order valence-corrected chi connectivity index (χ3v) is 6.14. The normalized spacial score (nSPS) is 17.5. The molecular weight excluding hydrogens is 406 g/mol. The molecule has 0 bridgehead atoms. The van der Waals surface area contributed by atoms with Gasteiger partial charge in [-0.05, 0) is 24.5 Å². The highest BCUT2D eigenvalue weighted by molar-refractivity contribution is 5.44. The molecule has 0 amide bonds. The summed E-state index contributed by atoms with van der Waals surface area (Å²) < 4.78 is 0. The van der Waals surface area contributed by atoms with Crippen molar-refractivity contribution in [2.24, 2.45) is 0 Å². The second-order valence-electron chi connectivity index (χ2n) is 7.96. The number of hydrogen-bond donors (Lipinski definition) is 1. The van der Waals surface area contributed by atoms with E-state index in [1.807, 2.05) is 0 Å². The second kappa shape index (κ2) is 9.17. The molecule has 2 atom stereocenters. The van der Waals surface area contributed by atoms with E-state index in [0.717, 1.165) is 6.42 Å². The van der Waals surface area contributed by atoms with Gasteiger partial charge in [-0.3, -0.25) is 30.3 Å². The van der Waals surface area contributed by atoms with Gasteiger partial charge in [0.1, 0.15) is 0 Å². The zero-order valence-corrected chi connectivity index (χ0v) is 16.8. The lowest BCUT2D eigenvalue weighted by Gasteiger charge is -2.34. The summed E-state index contributed by atoms with van der Waals surface area (Å²) in [6, 6.07) is 11.2. The van der Waals surface area contributed by atoms with Crippen molar-refractivity contribution in [2.45, 2.75) is 56.1 Å². The fourth-order valence-corrected chi connectivity index (χ4v) is 4.46. The number of benzene rings is 2. The molecule has 1 fully saturated rings. The molecule has 10 nitrogen and oxygen atoms in total. The Balaban J connectivity index is 2.06. The van der Waals surface area contributed by atoms with Crippen molar-refractivity contribution in [3.63, 3.8) is 0 Å². The molecule has 2 unspecified atom stereocenters. The quantitative estimate of drug-likeness (QED) is 0.472. The van der Waals surface area contributed by atoms with Crippen LogP contribution in [-0.2, 0) is 0 Å². The van der Waals surface area contributed by atoms with E-state index in [9.17, 15) is 35.4 Å². The summed E-state index contributed by atoms with van der Waals surface area (Å²) in [7, 11) is 0. The lowest BCUT2D eigenvalue weighted by molar-refractivity contribution is -0.577. The summed E-state index contributed by atoms with van der Waals surface area (Å²) in [4.78, 5) is 33.1. The van der Waals surface area contributed by atoms with Crippen molar-refractivity contribution in [3.8, 4) is 0 Å². The molecule has 10 heteroatoms. The molecule has 3 rings (SSSR count). The summed E-state index contributed by atoms with van der Waals surface area (Å²) in [5, 5.41) is 45.7. The number of nitro groups is 3. The molecule has 0 radical (unpaired) electrons. The van der Waals surface area contributed by atoms with Crippen molar-refractivity contribution < 1.29 is 19.9 Å². The Kier molecular flexibility index (Phi) is 6.59. The van der Waals surface area contributed by atoms with Crippen LogP contribution < -0.4 is 0 Å². The van der Waals surface area contributed by atoms with Crippen LogP contribution in [0.4, 0.5) is 11.4 Å². The Bertz CT molecular complexity index is 971. The average Bonchev–Trinajstić information content (AvgIpc) is 2.77. The molecule has 0 saturated heterocycles. The van der Waals surface area contributed by atoms with Crippen molar-refractivity contribution in [3.05, 3.63) is 90.0 Å². The highest BCUT2D eigenvalue weighted by Crippen LogP contribution is 2.45. The van der Waals surface area contributed by atoms with Crippen molar-refractivity contribution in [1.82, 2.24) is 0 Å². The number of para-hydroxylation sites is 1. The van der Waals surface area contributed by atoms with Crippen molar-refractivity contribution in [1.29, 1.82) is 0 Å². The third kappa shape index (κ3) is 4.69. The largest absolute Gasteiger partial charge is 0.388 e. The summed E-state index contributed by atoms with van der Waals surface area (Å²) in [6.45, 7) is 0. The van der Waals surface area contributed by atoms with Crippen LogP contribution in [0.1, 0.15) is 61.7 Å². The fourth-order valence-electron chi connectivity index (χ4n) is 4.46. The summed E-state index contributed by atoms with van der Waals surface area (Å²) in [5.41, 5.74) is -1.16. The van der Waals surface area contributed by atoms with Crippen LogP contribution in [0.3, 0.4) is 0 Å². The van der Waals surface area contributed by atoms with Gasteiger partial charge >= 0.3 is 0 Å². The Hall–Kier alpha value is -3.40. The lowest BCUT2D eigenvalue weighted by atomic mass is 9.72. The van der Waals surface area contributed by atoms with E-state index < -0.39 is 27.4 Å². The van der Waals surface area contributed by atoms with E-state index in [2.05, 4.69) is 0 Å². The minimum Gasteiger partial charge on any atom is -0.388 e. The Morgan fingerprint density at radius 3 is 2.03 bits per heavy atom. The highest BCUT2D eigenvalue weighted by atomic mass is 16.6. The standard InChI is InChI=1S/C21H23N3O7/c25-20(17-6-2-3-7-19(17)23(28)29)18(15-8-10-16(11-9-15)22(26)27)14-21(24(30)31)12-4-1-5-13-21/h2-3,6-11,18,20,25H,1,4-5,12-14H2. The summed E-state index contributed by atoms with van der Waals surface area (Å²) in [5.74, 6) is -0.842. The van der Waals surface area contributed by atoms with E-state index >= 15 is 0 Å². The van der Waals surface area contributed by atoms with E-state index in [1.165, 1.54) is 42.5 Å². The number of aliphatic hydroxyl groups is 1. The number of nitro benzene ring substituents is 2. The summed E-state index contributed by atoms with van der Waals surface area (Å²) in [6.07, 6.45) is 1.57. The number of hydrogen-bond acceptors (Lipinski definition) is 7. The molecule has 0 aliphatic heterocycles. The lowest BCUT2D eigenvalue weighted by Crippen LogP contribution is -2.42. The molecule has 0 aromatic heterocycles. The van der Waals surface area contributed by atoms with Gasteiger partial charge in [0.25, 0.3) is 11.4 Å². The van der Waals surface area contributed by atoms with E-state index in [1.54, 1.807) is 6.07 Å². The molecule has 31 heavy (non-hydrogen) atoms. The zero-order chi connectivity index (χ0) is 22.6. The van der Waals surface area contributed by atoms with Gasteiger partial charge in [-0.15, -0.1) is 0 Å². The molecular formula is C21H23N3O7. The molecule has 0 heterocycles. The molecule has 1 saturated carbocycles. The Labute approximate surface area is 178 Å². The predicted molar refractivity (Wildman–Crippen MR) is 111 cm³/mol. The van der Waals surface area contributed by atoms with Crippen LogP contribution in [0.2, 0.25) is 0 Å². The smallest absolute Gasteiger partial charge is 0.275 e. The molecule has 0 spiro atoms. The van der Waals surface area contributed by atoms with Crippen LogP contribution in [0.5, 0.6) is 0 Å². The number of rotatable bonds is 8. The molecule has 164 valence electrons. The third-order valence-electron chi connectivity index (χ3n) is 6.14. The fraction of sp³-hybridized carbons (Fsp3) is 0.429. The van der Waals surface area contributed by atoms with Gasteiger partial charge in [0.05, 0.1) is 21.5 Å². The van der Waals surface area contributed by atoms with Crippen molar-refractivity contribution in [2.75, 3.05) is 0 Å². The van der Waals surface area contributed by atoms with Crippen LogP contribution in [0, 0.1) is 30.3 Å². The first-order chi connectivity index (χ1) is 14.7. The number of aliphatic hydroxyl groups excluding tert-OH is 1. The van der Waals surface area contributed by atoms with Gasteiger partial charge in [-0.2, -0.15) is 0 Å². The molecule has 2 aromatic carbocycles. The molecule has 2 aromatic rings. The minimum atomic E-state index is -1.39. The van der Waals surface area contributed by atoms with Gasteiger partial charge < -0.3 is 5.11 Å². The highest BCUT2D eigenvalue weighted by Gasteiger charge is 2.47. The SMILES string of the molecule is O=[N+]([O-])c1ccc(C(CC2([N+](=O)[O-])CCCCC2)C(O)c2ccccc2[N+](=O)[O-])cc1. The Morgan fingerprint density at radius 2 is 1.48 bits per heavy atom. The minimum absolute atomic E-state index is 0.0228.